The summed E-state index contributed by atoms with van der Waals surface area (Å²) >= 11 is 0. The molecule has 7 heteroatoms. The van der Waals surface area contributed by atoms with Gasteiger partial charge < -0.3 is 10.3 Å². The molecular weight excluding hydrogens is 256 g/mol. The van der Waals surface area contributed by atoms with Crippen LogP contribution in [0, 0.1) is 0 Å². The van der Waals surface area contributed by atoms with E-state index in [2.05, 4.69) is 37.0 Å². The summed E-state index contributed by atoms with van der Waals surface area (Å²) in [4.78, 5) is 15.0. The molecule has 7 nitrogen and oxygen atoms in total. The lowest BCUT2D eigenvalue weighted by atomic mass is 10.1. The molecule has 3 rings (SSSR count). The highest BCUT2D eigenvalue weighted by Crippen LogP contribution is 2.18. The van der Waals surface area contributed by atoms with Gasteiger partial charge in [0.05, 0.1) is 6.54 Å². The summed E-state index contributed by atoms with van der Waals surface area (Å²) in [6, 6.07) is 8.06. The molecule has 0 aliphatic carbocycles. The highest BCUT2D eigenvalue weighted by Gasteiger charge is 2.07. The molecule has 20 heavy (non-hydrogen) atoms. The van der Waals surface area contributed by atoms with Crippen molar-refractivity contribution in [3.63, 3.8) is 0 Å². The minimum Gasteiger partial charge on any atom is -0.361 e. The number of nitrogens with zero attached hydrogens (tertiary/aromatic N) is 3. The van der Waals surface area contributed by atoms with Gasteiger partial charge >= 0.3 is 0 Å². The fourth-order valence-corrected chi connectivity index (χ4v) is 2.11. The molecule has 0 saturated carbocycles. The van der Waals surface area contributed by atoms with Gasteiger partial charge in [0, 0.05) is 23.5 Å². The number of benzene rings is 1. The monoisotopic (exact) mass is 270 g/mol. The average Bonchev–Trinajstić information content (AvgIpc) is 3.12. The third-order valence-corrected chi connectivity index (χ3v) is 3.13. The summed E-state index contributed by atoms with van der Waals surface area (Å²) in [7, 11) is 0. The minimum absolute atomic E-state index is 0.0277. The van der Waals surface area contributed by atoms with Gasteiger partial charge in [-0.15, -0.1) is 10.2 Å². The zero-order valence-electron chi connectivity index (χ0n) is 10.8. The fourth-order valence-electron chi connectivity index (χ4n) is 2.11. The van der Waals surface area contributed by atoms with Crippen LogP contribution in [0.4, 0.5) is 0 Å². The van der Waals surface area contributed by atoms with Crippen molar-refractivity contribution in [2.75, 3.05) is 0 Å². The Bertz CT molecular complexity index is 703. The van der Waals surface area contributed by atoms with Crippen LogP contribution in [0.15, 0.2) is 30.5 Å². The van der Waals surface area contributed by atoms with E-state index in [1.165, 1.54) is 5.39 Å². The number of carbonyl (C=O) groups excluding carboxylic acids is 1. The summed E-state index contributed by atoms with van der Waals surface area (Å²) in [5.41, 5.74) is 2.24. The normalized spacial score (nSPS) is 10.8. The SMILES string of the molecule is O=C(CCc1c[nH]c2ccccc12)NCc1nn[nH]n1. The van der Waals surface area contributed by atoms with E-state index in [1.54, 1.807) is 0 Å². The van der Waals surface area contributed by atoms with Crippen molar-refractivity contribution in [3.05, 3.63) is 41.9 Å². The molecule has 0 spiro atoms. The lowest BCUT2D eigenvalue weighted by Crippen LogP contribution is -2.23. The number of amides is 1. The van der Waals surface area contributed by atoms with E-state index < -0.39 is 0 Å². The summed E-state index contributed by atoms with van der Waals surface area (Å²) in [5, 5.41) is 17.2. The number of aromatic amines is 2. The summed E-state index contributed by atoms with van der Waals surface area (Å²) < 4.78 is 0. The maximum atomic E-state index is 11.8. The molecule has 0 radical (unpaired) electrons. The summed E-state index contributed by atoms with van der Waals surface area (Å²) in [5.74, 6) is 0.450. The van der Waals surface area contributed by atoms with Crippen molar-refractivity contribution in [3.8, 4) is 0 Å². The van der Waals surface area contributed by atoms with Crippen LogP contribution in [-0.4, -0.2) is 31.5 Å². The number of aromatic nitrogens is 5. The molecular formula is C13H14N6O. The molecule has 102 valence electrons. The predicted molar refractivity (Wildman–Crippen MR) is 72.6 cm³/mol. The third kappa shape index (κ3) is 2.66. The molecule has 1 amide bonds. The lowest BCUT2D eigenvalue weighted by Gasteiger charge is -2.02. The van der Waals surface area contributed by atoms with E-state index in [1.807, 2.05) is 24.4 Å². The van der Waals surface area contributed by atoms with Gasteiger partial charge in [0.2, 0.25) is 5.91 Å². The molecule has 0 aliphatic heterocycles. The van der Waals surface area contributed by atoms with Gasteiger partial charge in [-0.1, -0.05) is 23.4 Å². The molecule has 0 bridgehead atoms. The Hall–Kier alpha value is -2.70. The van der Waals surface area contributed by atoms with Gasteiger partial charge in [0.1, 0.15) is 0 Å². The number of nitrogens with one attached hydrogen (secondary N) is 3. The zero-order valence-corrected chi connectivity index (χ0v) is 10.8. The van der Waals surface area contributed by atoms with Crippen LogP contribution >= 0.6 is 0 Å². The topological polar surface area (TPSA) is 99.4 Å². The number of rotatable bonds is 5. The van der Waals surface area contributed by atoms with Crippen molar-refractivity contribution in [2.45, 2.75) is 19.4 Å². The molecule has 3 aromatic rings. The number of para-hydroxylation sites is 1. The van der Waals surface area contributed by atoms with Gasteiger partial charge in [-0.25, -0.2) is 0 Å². The summed E-state index contributed by atoms with van der Waals surface area (Å²) in [6.45, 7) is 0.295. The Morgan fingerprint density at radius 1 is 1.30 bits per heavy atom. The Labute approximate surface area is 114 Å². The molecule has 0 saturated heterocycles. The minimum atomic E-state index is -0.0277. The third-order valence-electron chi connectivity index (χ3n) is 3.13. The van der Waals surface area contributed by atoms with E-state index in [0.717, 1.165) is 11.1 Å². The predicted octanol–water partition coefficient (Wildman–Crippen LogP) is 0.930. The molecule has 3 N–H and O–H groups in total. The molecule has 0 fully saturated rings. The molecule has 0 unspecified atom stereocenters. The molecule has 1 aromatic carbocycles. The average molecular weight is 270 g/mol. The molecule has 0 atom stereocenters. The number of hydrogen-bond acceptors (Lipinski definition) is 4. The quantitative estimate of drug-likeness (QED) is 0.642. The van der Waals surface area contributed by atoms with Crippen LogP contribution in [0.2, 0.25) is 0 Å². The number of tetrazole rings is 1. The van der Waals surface area contributed by atoms with Crippen molar-refractivity contribution < 1.29 is 4.79 Å². The van der Waals surface area contributed by atoms with Crippen molar-refractivity contribution in [1.29, 1.82) is 0 Å². The first-order valence-corrected chi connectivity index (χ1v) is 6.37. The standard InChI is InChI=1S/C13H14N6O/c20-13(15-8-12-16-18-19-17-12)6-5-9-7-14-11-4-2-1-3-10(9)11/h1-4,7,14H,5-6,8H2,(H,15,20)(H,16,17,18,19). The Balaban J connectivity index is 1.55. The van der Waals surface area contributed by atoms with Crippen molar-refractivity contribution in [2.24, 2.45) is 0 Å². The highest BCUT2D eigenvalue weighted by atomic mass is 16.1. The fraction of sp³-hybridized carbons (Fsp3) is 0.231. The van der Waals surface area contributed by atoms with E-state index in [4.69, 9.17) is 0 Å². The summed E-state index contributed by atoms with van der Waals surface area (Å²) in [6.07, 6.45) is 3.08. The number of H-pyrrole nitrogens is 2. The first kappa shape index (κ1) is 12.3. The van der Waals surface area contributed by atoms with Crippen molar-refractivity contribution in [1.82, 2.24) is 30.9 Å². The maximum absolute atomic E-state index is 11.8. The van der Waals surface area contributed by atoms with Crippen LogP contribution in [0.3, 0.4) is 0 Å². The maximum Gasteiger partial charge on any atom is 0.220 e. The Morgan fingerprint density at radius 2 is 2.20 bits per heavy atom. The Kier molecular flexibility index (Phi) is 3.40. The first-order chi connectivity index (χ1) is 9.83. The Morgan fingerprint density at radius 3 is 3.05 bits per heavy atom. The van der Waals surface area contributed by atoms with Gasteiger partial charge in [0.25, 0.3) is 0 Å². The van der Waals surface area contributed by atoms with Crippen molar-refractivity contribution >= 4 is 16.8 Å². The zero-order chi connectivity index (χ0) is 13.8. The van der Waals surface area contributed by atoms with E-state index >= 15 is 0 Å². The molecule has 2 aromatic heterocycles. The number of carbonyl (C=O) groups is 1. The second kappa shape index (κ2) is 5.52. The lowest BCUT2D eigenvalue weighted by molar-refractivity contribution is -0.121. The highest BCUT2D eigenvalue weighted by molar-refractivity contribution is 5.84. The largest absolute Gasteiger partial charge is 0.361 e. The van der Waals surface area contributed by atoms with Crippen LogP contribution in [0.1, 0.15) is 17.8 Å². The van der Waals surface area contributed by atoms with Gasteiger partial charge in [-0.2, -0.15) is 5.21 Å². The smallest absolute Gasteiger partial charge is 0.220 e. The number of hydrogen-bond donors (Lipinski definition) is 3. The molecule has 2 heterocycles. The number of aryl methyl sites for hydroxylation is 1. The number of fused-ring (bicyclic) bond motifs is 1. The van der Waals surface area contributed by atoms with E-state index in [-0.39, 0.29) is 5.91 Å². The van der Waals surface area contributed by atoms with Crippen LogP contribution in [0.5, 0.6) is 0 Å². The van der Waals surface area contributed by atoms with E-state index in [9.17, 15) is 4.79 Å². The van der Waals surface area contributed by atoms with Crippen LogP contribution in [-0.2, 0) is 17.8 Å². The van der Waals surface area contributed by atoms with Gasteiger partial charge in [0.15, 0.2) is 5.82 Å². The van der Waals surface area contributed by atoms with Crippen LogP contribution < -0.4 is 5.32 Å². The second-order valence-corrected chi connectivity index (χ2v) is 4.46. The second-order valence-electron chi connectivity index (χ2n) is 4.46. The first-order valence-electron chi connectivity index (χ1n) is 6.37. The molecule has 0 aliphatic rings. The van der Waals surface area contributed by atoms with Gasteiger partial charge in [-0.3, -0.25) is 4.79 Å². The van der Waals surface area contributed by atoms with E-state index in [0.29, 0.717) is 25.2 Å². The van der Waals surface area contributed by atoms with Crippen LogP contribution in [0.25, 0.3) is 10.9 Å². The van der Waals surface area contributed by atoms with Gasteiger partial charge in [-0.05, 0) is 18.1 Å².